The summed E-state index contributed by atoms with van der Waals surface area (Å²) in [6, 6.07) is 8.78. The van der Waals surface area contributed by atoms with E-state index in [0.717, 1.165) is 32.5 Å². The molecule has 2 N–H and O–H groups in total. The van der Waals surface area contributed by atoms with Crippen LogP contribution in [0, 0.1) is 6.92 Å². The molecule has 1 atom stereocenters. The fourth-order valence-corrected chi connectivity index (χ4v) is 3.00. The number of benzene rings is 1. The van der Waals surface area contributed by atoms with Gasteiger partial charge in [0.2, 0.25) is 0 Å². The molecule has 2 aliphatic heterocycles. The van der Waals surface area contributed by atoms with Gasteiger partial charge >= 0.3 is 0 Å². The van der Waals surface area contributed by atoms with Gasteiger partial charge in [-0.2, -0.15) is 0 Å². The highest BCUT2D eigenvalue weighted by atomic mass is 16.7. The molecule has 2 aliphatic rings. The van der Waals surface area contributed by atoms with E-state index < -0.39 is 0 Å². The number of nitrogens with two attached hydrogens (primary N) is 1. The van der Waals surface area contributed by atoms with Gasteiger partial charge < -0.3 is 15.2 Å². The van der Waals surface area contributed by atoms with Crippen LogP contribution in [-0.4, -0.2) is 43.0 Å². The van der Waals surface area contributed by atoms with E-state index in [-0.39, 0.29) is 11.9 Å². The Kier molecular flexibility index (Phi) is 4.08. The van der Waals surface area contributed by atoms with Crippen molar-refractivity contribution < 1.29 is 9.47 Å². The smallest absolute Gasteiger partial charge is 0.171 e. The van der Waals surface area contributed by atoms with Crippen LogP contribution < -0.4 is 5.73 Å². The third kappa shape index (κ3) is 3.04. The van der Waals surface area contributed by atoms with Gasteiger partial charge in [-0.1, -0.05) is 29.8 Å². The molecule has 0 bridgehead atoms. The van der Waals surface area contributed by atoms with Crippen molar-refractivity contribution in [3.63, 3.8) is 0 Å². The van der Waals surface area contributed by atoms with Crippen LogP contribution >= 0.6 is 0 Å². The molecule has 4 nitrogen and oxygen atoms in total. The lowest BCUT2D eigenvalue weighted by Gasteiger charge is -2.38. The summed E-state index contributed by atoms with van der Waals surface area (Å²) in [4.78, 5) is 2.47. The molecule has 2 heterocycles. The van der Waals surface area contributed by atoms with E-state index in [4.69, 9.17) is 15.2 Å². The highest BCUT2D eigenvalue weighted by Crippen LogP contribution is 2.34. The molecular weight excluding hydrogens is 252 g/mol. The van der Waals surface area contributed by atoms with Gasteiger partial charge in [0.1, 0.15) is 0 Å². The molecule has 2 fully saturated rings. The summed E-state index contributed by atoms with van der Waals surface area (Å²) in [5, 5.41) is 0. The van der Waals surface area contributed by atoms with Crippen molar-refractivity contribution in [2.45, 2.75) is 38.2 Å². The fraction of sp³-hybridized carbons (Fsp3) is 0.625. The van der Waals surface area contributed by atoms with E-state index in [9.17, 15) is 0 Å². The van der Waals surface area contributed by atoms with Gasteiger partial charge in [-0.05, 0) is 12.5 Å². The zero-order chi connectivity index (χ0) is 14.0. The number of likely N-dealkylation sites (tertiary alicyclic amines) is 1. The van der Waals surface area contributed by atoms with Crippen molar-refractivity contribution in [3.05, 3.63) is 35.4 Å². The Hall–Kier alpha value is -0.940. The van der Waals surface area contributed by atoms with E-state index >= 15 is 0 Å². The van der Waals surface area contributed by atoms with Crippen molar-refractivity contribution in [2.24, 2.45) is 5.73 Å². The predicted molar refractivity (Wildman–Crippen MR) is 78.3 cm³/mol. The molecule has 1 spiro atoms. The highest BCUT2D eigenvalue weighted by molar-refractivity contribution is 5.21. The maximum Gasteiger partial charge on any atom is 0.171 e. The standard InChI is InChI=1S/C16H24N2O2/c1-13-2-4-14(5-3-13)11-18-8-6-16(7-9-18)19-12-15(10-17)20-16/h2-5,15H,6-12,17H2,1H3. The molecule has 2 saturated heterocycles. The molecule has 1 unspecified atom stereocenters. The third-order valence-corrected chi connectivity index (χ3v) is 4.32. The van der Waals surface area contributed by atoms with E-state index in [1.807, 2.05) is 0 Å². The summed E-state index contributed by atoms with van der Waals surface area (Å²) in [6.07, 6.45) is 1.96. The van der Waals surface area contributed by atoms with Gasteiger partial charge in [-0.3, -0.25) is 4.90 Å². The van der Waals surface area contributed by atoms with Gasteiger partial charge in [-0.15, -0.1) is 0 Å². The maximum absolute atomic E-state index is 5.98. The summed E-state index contributed by atoms with van der Waals surface area (Å²) in [5.74, 6) is -0.353. The first-order valence-electron chi connectivity index (χ1n) is 7.49. The number of piperidine rings is 1. The second-order valence-electron chi connectivity index (χ2n) is 5.96. The van der Waals surface area contributed by atoms with Crippen molar-refractivity contribution in [1.82, 2.24) is 4.90 Å². The summed E-state index contributed by atoms with van der Waals surface area (Å²) >= 11 is 0. The zero-order valence-corrected chi connectivity index (χ0v) is 12.2. The van der Waals surface area contributed by atoms with Crippen LogP contribution in [0.4, 0.5) is 0 Å². The van der Waals surface area contributed by atoms with Gasteiger partial charge in [-0.25, -0.2) is 0 Å². The number of ether oxygens (including phenoxy) is 2. The number of hydrogen-bond donors (Lipinski definition) is 1. The highest BCUT2D eigenvalue weighted by Gasteiger charge is 2.43. The largest absolute Gasteiger partial charge is 0.347 e. The summed E-state index contributed by atoms with van der Waals surface area (Å²) in [5.41, 5.74) is 8.34. The lowest BCUT2D eigenvalue weighted by molar-refractivity contribution is -0.194. The van der Waals surface area contributed by atoms with Crippen molar-refractivity contribution >= 4 is 0 Å². The molecule has 110 valence electrons. The van der Waals surface area contributed by atoms with Crippen LogP contribution in [0.3, 0.4) is 0 Å². The molecule has 20 heavy (non-hydrogen) atoms. The Morgan fingerprint density at radius 3 is 2.55 bits per heavy atom. The Labute approximate surface area is 120 Å². The summed E-state index contributed by atoms with van der Waals surface area (Å²) in [7, 11) is 0. The molecule has 1 aromatic carbocycles. The fourth-order valence-electron chi connectivity index (χ4n) is 3.00. The first-order chi connectivity index (χ1) is 9.69. The Bertz CT molecular complexity index is 438. The second-order valence-corrected chi connectivity index (χ2v) is 5.96. The minimum atomic E-state index is -0.353. The summed E-state index contributed by atoms with van der Waals surface area (Å²) < 4.78 is 11.8. The van der Waals surface area contributed by atoms with Gasteiger partial charge in [0.15, 0.2) is 5.79 Å². The quantitative estimate of drug-likeness (QED) is 0.912. The van der Waals surface area contributed by atoms with Gasteiger partial charge in [0, 0.05) is 39.0 Å². The van der Waals surface area contributed by atoms with Crippen molar-refractivity contribution in [3.8, 4) is 0 Å². The van der Waals surface area contributed by atoms with Crippen LogP contribution in [0.1, 0.15) is 24.0 Å². The topological polar surface area (TPSA) is 47.7 Å². The van der Waals surface area contributed by atoms with E-state index in [2.05, 4.69) is 36.1 Å². The van der Waals surface area contributed by atoms with Crippen LogP contribution in [0.25, 0.3) is 0 Å². The second kappa shape index (κ2) is 5.82. The number of aryl methyl sites for hydroxylation is 1. The molecule has 1 aromatic rings. The maximum atomic E-state index is 5.98. The predicted octanol–water partition coefficient (Wildman–Crippen LogP) is 1.66. The average Bonchev–Trinajstić information content (AvgIpc) is 2.87. The number of rotatable bonds is 3. The van der Waals surface area contributed by atoms with Crippen LogP contribution in [0.5, 0.6) is 0 Å². The molecule has 4 heteroatoms. The van der Waals surface area contributed by atoms with Crippen LogP contribution in [0.2, 0.25) is 0 Å². The first-order valence-corrected chi connectivity index (χ1v) is 7.49. The monoisotopic (exact) mass is 276 g/mol. The zero-order valence-electron chi connectivity index (χ0n) is 12.2. The van der Waals surface area contributed by atoms with E-state index in [1.54, 1.807) is 0 Å². The Balaban J connectivity index is 1.52. The van der Waals surface area contributed by atoms with Crippen molar-refractivity contribution in [2.75, 3.05) is 26.2 Å². The summed E-state index contributed by atoms with van der Waals surface area (Å²) in [6.45, 7) is 6.37. The van der Waals surface area contributed by atoms with Crippen LogP contribution in [0.15, 0.2) is 24.3 Å². The molecular formula is C16H24N2O2. The molecule has 0 radical (unpaired) electrons. The van der Waals surface area contributed by atoms with Crippen molar-refractivity contribution in [1.29, 1.82) is 0 Å². The first kappa shape index (κ1) is 14.0. The van der Waals surface area contributed by atoms with E-state index in [0.29, 0.717) is 13.2 Å². The molecule has 0 aliphatic carbocycles. The van der Waals surface area contributed by atoms with Crippen LogP contribution in [-0.2, 0) is 16.0 Å². The lowest BCUT2D eigenvalue weighted by Crippen LogP contribution is -2.45. The number of hydrogen-bond acceptors (Lipinski definition) is 4. The third-order valence-electron chi connectivity index (χ3n) is 4.32. The average molecular weight is 276 g/mol. The van der Waals surface area contributed by atoms with E-state index in [1.165, 1.54) is 11.1 Å². The molecule has 0 amide bonds. The molecule has 0 aromatic heterocycles. The number of nitrogens with zero attached hydrogens (tertiary/aromatic N) is 1. The van der Waals surface area contributed by atoms with Gasteiger partial charge in [0.05, 0.1) is 12.7 Å². The Morgan fingerprint density at radius 1 is 1.25 bits per heavy atom. The minimum Gasteiger partial charge on any atom is -0.347 e. The normalized spacial score (nSPS) is 26.2. The molecule has 0 saturated carbocycles. The Morgan fingerprint density at radius 2 is 1.95 bits per heavy atom. The lowest BCUT2D eigenvalue weighted by atomic mass is 10.0. The molecule has 3 rings (SSSR count). The van der Waals surface area contributed by atoms with Gasteiger partial charge in [0.25, 0.3) is 0 Å². The minimum absolute atomic E-state index is 0.0821. The SMILES string of the molecule is Cc1ccc(CN2CCC3(CC2)OCC(CN)O3)cc1.